The molecule has 3 nitrogen and oxygen atoms in total. The standard InChI is InChI=1S/C17H21ClN2O/c1-2-21-16-10-15(17(16)7-3-4-8-17)20-14-6-5-12(11-19)9-13(14)18/h5-6,9,15-16,20H,2-4,7-8,10H2,1H3. The van der Waals surface area contributed by atoms with Gasteiger partial charge in [-0.2, -0.15) is 5.26 Å². The molecule has 2 fully saturated rings. The fraction of sp³-hybridized carbons (Fsp3) is 0.588. The van der Waals surface area contributed by atoms with Crippen LogP contribution in [0.25, 0.3) is 0 Å². The summed E-state index contributed by atoms with van der Waals surface area (Å²) in [6.07, 6.45) is 6.50. The molecule has 1 aromatic rings. The summed E-state index contributed by atoms with van der Waals surface area (Å²) >= 11 is 6.28. The van der Waals surface area contributed by atoms with Crippen molar-refractivity contribution >= 4 is 17.3 Å². The quantitative estimate of drug-likeness (QED) is 0.899. The molecular weight excluding hydrogens is 284 g/mol. The number of nitriles is 1. The second kappa shape index (κ2) is 5.87. The summed E-state index contributed by atoms with van der Waals surface area (Å²) < 4.78 is 5.93. The molecule has 0 saturated heterocycles. The smallest absolute Gasteiger partial charge is 0.0992 e. The zero-order chi connectivity index (χ0) is 14.9. The maximum absolute atomic E-state index is 8.91. The number of rotatable bonds is 4. The van der Waals surface area contributed by atoms with Crippen LogP contribution in [0.15, 0.2) is 18.2 Å². The SMILES string of the molecule is CCOC1CC(Nc2ccc(C#N)cc2Cl)C12CCCC2. The van der Waals surface area contributed by atoms with Gasteiger partial charge >= 0.3 is 0 Å². The van der Waals surface area contributed by atoms with Crippen LogP contribution in [-0.2, 0) is 4.74 Å². The Hall–Kier alpha value is -1.24. The summed E-state index contributed by atoms with van der Waals surface area (Å²) in [6, 6.07) is 8.00. The van der Waals surface area contributed by atoms with E-state index in [0.29, 0.717) is 22.7 Å². The van der Waals surface area contributed by atoms with Crippen molar-refractivity contribution in [1.29, 1.82) is 5.26 Å². The van der Waals surface area contributed by atoms with Crippen LogP contribution in [-0.4, -0.2) is 18.8 Å². The van der Waals surface area contributed by atoms with Gasteiger partial charge in [-0.1, -0.05) is 24.4 Å². The van der Waals surface area contributed by atoms with E-state index in [1.54, 1.807) is 6.07 Å². The molecule has 2 atom stereocenters. The van der Waals surface area contributed by atoms with E-state index in [9.17, 15) is 0 Å². The lowest BCUT2D eigenvalue weighted by molar-refractivity contribution is -0.114. The van der Waals surface area contributed by atoms with Gasteiger partial charge in [0.25, 0.3) is 0 Å². The molecule has 2 unspecified atom stereocenters. The summed E-state index contributed by atoms with van der Waals surface area (Å²) in [5.41, 5.74) is 1.82. The third-order valence-electron chi connectivity index (χ3n) is 5.12. The van der Waals surface area contributed by atoms with Crippen LogP contribution in [0, 0.1) is 16.7 Å². The number of hydrogen-bond donors (Lipinski definition) is 1. The van der Waals surface area contributed by atoms with Crippen molar-refractivity contribution in [3.63, 3.8) is 0 Å². The van der Waals surface area contributed by atoms with Gasteiger partial charge in [-0.3, -0.25) is 0 Å². The van der Waals surface area contributed by atoms with E-state index < -0.39 is 0 Å². The van der Waals surface area contributed by atoms with Gasteiger partial charge in [-0.15, -0.1) is 0 Å². The summed E-state index contributed by atoms with van der Waals surface area (Å²) in [7, 11) is 0. The molecule has 112 valence electrons. The molecule has 4 heteroatoms. The number of nitrogens with one attached hydrogen (secondary N) is 1. The molecule has 1 N–H and O–H groups in total. The predicted molar refractivity (Wildman–Crippen MR) is 84.5 cm³/mol. The van der Waals surface area contributed by atoms with E-state index in [4.69, 9.17) is 21.6 Å². The summed E-state index contributed by atoms with van der Waals surface area (Å²) in [6.45, 7) is 2.86. The molecule has 0 aliphatic heterocycles. The van der Waals surface area contributed by atoms with E-state index in [1.807, 2.05) is 12.1 Å². The van der Waals surface area contributed by atoms with Gasteiger partial charge in [-0.05, 0) is 44.4 Å². The molecule has 1 aromatic carbocycles. The topological polar surface area (TPSA) is 45.0 Å². The third kappa shape index (κ3) is 2.52. The normalized spacial score (nSPS) is 26.3. The van der Waals surface area contributed by atoms with Crippen molar-refractivity contribution in [2.45, 2.75) is 51.2 Å². The molecule has 0 amide bonds. The number of nitrogens with zero attached hydrogens (tertiary/aromatic N) is 1. The van der Waals surface area contributed by atoms with Gasteiger partial charge in [0.05, 0.1) is 28.4 Å². The first-order chi connectivity index (χ1) is 10.2. The highest BCUT2D eigenvalue weighted by Crippen LogP contribution is 2.55. The number of benzene rings is 1. The highest BCUT2D eigenvalue weighted by atomic mass is 35.5. The lowest BCUT2D eigenvalue weighted by Gasteiger charge is -2.54. The highest BCUT2D eigenvalue weighted by Gasteiger charge is 2.56. The second-order valence-electron chi connectivity index (χ2n) is 6.12. The van der Waals surface area contributed by atoms with Crippen LogP contribution in [0.3, 0.4) is 0 Å². The molecular formula is C17H21ClN2O. The van der Waals surface area contributed by atoms with Gasteiger partial charge in [-0.25, -0.2) is 0 Å². The maximum Gasteiger partial charge on any atom is 0.0992 e. The molecule has 2 saturated carbocycles. The first kappa shape index (κ1) is 14.7. The summed E-state index contributed by atoms with van der Waals surface area (Å²) in [5.74, 6) is 0. The van der Waals surface area contributed by atoms with E-state index in [-0.39, 0.29) is 5.41 Å². The van der Waals surface area contributed by atoms with E-state index in [1.165, 1.54) is 25.7 Å². The zero-order valence-corrected chi connectivity index (χ0v) is 13.1. The van der Waals surface area contributed by atoms with Crippen molar-refractivity contribution in [3.05, 3.63) is 28.8 Å². The molecule has 0 radical (unpaired) electrons. The zero-order valence-electron chi connectivity index (χ0n) is 12.4. The number of anilines is 1. The lowest BCUT2D eigenvalue weighted by atomic mass is 9.60. The Morgan fingerprint density at radius 2 is 2.19 bits per heavy atom. The van der Waals surface area contributed by atoms with Crippen molar-refractivity contribution in [2.24, 2.45) is 5.41 Å². The number of halogens is 1. The Morgan fingerprint density at radius 3 is 2.81 bits per heavy atom. The number of hydrogen-bond acceptors (Lipinski definition) is 3. The van der Waals surface area contributed by atoms with Crippen LogP contribution >= 0.6 is 11.6 Å². The second-order valence-corrected chi connectivity index (χ2v) is 6.53. The Balaban J connectivity index is 1.75. The Kier molecular flexibility index (Phi) is 4.10. The minimum absolute atomic E-state index is 0.285. The molecule has 2 aliphatic carbocycles. The van der Waals surface area contributed by atoms with Crippen molar-refractivity contribution in [2.75, 3.05) is 11.9 Å². The van der Waals surface area contributed by atoms with Gasteiger partial charge in [0.15, 0.2) is 0 Å². The van der Waals surface area contributed by atoms with Gasteiger partial charge in [0.1, 0.15) is 0 Å². The van der Waals surface area contributed by atoms with Crippen LogP contribution in [0.4, 0.5) is 5.69 Å². The van der Waals surface area contributed by atoms with E-state index in [2.05, 4.69) is 18.3 Å². The minimum atomic E-state index is 0.285. The fourth-order valence-corrected chi connectivity index (χ4v) is 4.21. The third-order valence-corrected chi connectivity index (χ3v) is 5.43. The Morgan fingerprint density at radius 1 is 1.43 bits per heavy atom. The van der Waals surface area contributed by atoms with Crippen LogP contribution < -0.4 is 5.32 Å². The van der Waals surface area contributed by atoms with Gasteiger partial charge in [0, 0.05) is 18.1 Å². The van der Waals surface area contributed by atoms with Crippen molar-refractivity contribution < 1.29 is 4.74 Å². The first-order valence-electron chi connectivity index (χ1n) is 7.77. The molecule has 0 bridgehead atoms. The Labute approximate surface area is 131 Å². The first-order valence-corrected chi connectivity index (χ1v) is 8.15. The fourth-order valence-electron chi connectivity index (χ4n) is 3.98. The highest BCUT2D eigenvalue weighted by molar-refractivity contribution is 6.33. The Bertz CT molecular complexity index is 560. The lowest BCUT2D eigenvalue weighted by Crippen LogP contribution is -2.60. The van der Waals surface area contributed by atoms with Crippen LogP contribution in [0.1, 0.15) is 44.6 Å². The molecule has 21 heavy (non-hydrogen) atoms. The van der Waals surface area contributed by atoms with Crippen LogP contribution in [0.2, 0.25) is 5.02 Å². The average Bonchev–Trinajstić information content (AvgIpc) is 3.00. The average molecular weight is 305 g/mol. The van der Waals surface area contributed by atoms with Crippen molar-refractivity contribution in [3.8, 4) is 6.07 Å². The monoisotopic (exact) mass is 304 g/mol. The van der Waals surface area contributed by atoms with Crippen LogP contribution in [0.5, 0.6) is 0 Å². The molecule has 0 heterocycles. The molecule has 1 spiro atoms. The summed E-state index contributed by atoms with van der Waals surface area (Å²) in [5, 5.41) is 13.1. The molecule has 2 aliphatic rings. The summed E-state index contributed by atoms with van der Waals surface area (Å²) in [4.78, 5) is 0. The predicted octanol–water partition coefficient (Wildman–Crippen LogP) is 4.36. The van der Waals surface area contributed by atoms with E-state index >= 15 is 0 Å². The van der Waals surface area contributed by atoms with Gasteiger partial charge < -0.3 is 10.1 Å². The van der Waals surface area contributed by atoms with E-state index in [0.717, 1.165) is 18.7 Å². The minimum Gasteiger partial charge on any atom is -0.380 e. The van der Waals surface area contributed by atoms with Gasteiger partial charge in [0.2, 0.25) is 0 Å². The van der Waals surface area contributed by atoms with Crippen molar-refractivity contribution in [1.82, 2.24) is 0 Å². The molecule has 0 aromatic heterocycles. The number of ether oxygens (including phenoxy) is 1. The molecule has 3 rings (SSSR count). The maximum atomic E-state index is 8.91. The largest absolute Gasteiger partial charge is 0.380 e.